The lowest BCUT2D eigenvalue weighted by molar-refractivity contribution is -0.131. The van der Waals surface area contributed by atoms with Gasteiger partial charge in [-0.3, -0.25) is 0 Å². The van der Waals surface area contributed by atoms with Crippen molar-refractivity contribution in [3.8, 4) is 11.8 Å². The molecule has 0 aliphatic heterocycles. The summed E-state index contributed by atoms with van der Waals surface area (Å²) in [5.41, 5.74) is 1.16. The van der Waals surface area contributed by atoms with Crippen molar-refractivity contribution in [2.24, 2.45) is 0 Å². The summed E-state index contributed by atoms with van der Waals surface area (Å²) in [6, 6.07) is 5.45. The van der Waals surface area contributed by atoms with Crippen molar-refractivity contribution in [2.75, 3.05) is 0 Å². The number of pyridine rings is 1. The first-order chi connectivity index (χ1) is 8.56. The van der Waals surface area contributed by atoms with Gasteiger partial charge in [-0.15, -0.1) is 0 Å². The zero-order valence-electron chi connectivity index (χ0n) is 10.3. The maximum absolute atomic E-state index is 10.5. The Kier molecular flexibility index (Phi) is 4.88. The molecule has 0 aromatic carbocycles. The molecule has 1 atom stereocenters. The highest BCUT2D eigenvalue weighted by Crippen LogP contribution is 2.20. The lowest BCUT2D eigenvalue weighted by atomic mass is 10.2. The quantitative estimate of drug-likeness (QED) is 0.805. The van der Waals surface area contributed by atoms with Crippen molar-refractivity contribution < 1.29 is 14.6 Å². The summed E-state index contributed by atoms with van der Waals surface area (Å²) < 4.78 is 5.46. The van der Waals surface area contributed by atoms with E-state index in [1.54, 1.807) is 19.1 Å². The molecule has 5 heteroatoms. The van der Waals surface area contributed by atoms with E-state index in [2.05, 4.69) is 4.98 Å². The minimum atomic E-state index is -1.06. The summed E-state index contributed by atoms with van der Waals surface area (Å²) in [5.74, 6) is -0.650. The zero-order valence-corrected chi connectivity index (χ0v) is 10.3. The first kappa shape index (κ1) is 13.7. The van der Waals surface area contributed by atoms with Gasteiger partial charge in [0, 0.05) is 11.8 Å². The Balaban J connectivity index is 3.04. The van der Waals surface area contributed by atoms with Crippen molar-refractivity contribution >= 4 is 12.0 Å². The standard InChI is InChI=1S/C13H14N2O3/c1-3-10(8-14)18-12-6-4-9(2)15-11(12)5-7-13(16)17/h4-7,10H,3H2,1-2H3,(H,16,17). The number of carboxylic acids is 1. The van der Waals surface area contributed by atoms with E-state index in [-0.39, 0.29) is 0 Å². The van der Waals surface area contributed by atoms with Crippen LogP contribution in [0.1, 0.15) is 24.7 Å². The Hall–Kier alpha value is -2.35. The molecule has 1 aromatic rings. The number of rotatable bonds is 5. The molecule has 0 aliphatic carbocycles. The molecule has 1 rings (SSSR count). The zero-order chi connectivity index (χ0) is 13.5. The van der Waals surface area contributed by atoms with Gasteiger partial charge >= 0.3 is 5.97 Å². The lowest BCUT2D eigenvalue weighted by Gasteiger charge is -2.12. The van der Waals surface area contributed by atoms with Gasteiger partial charge in [0.15, 0.2) is 6.10 Å². The summed E-state index contributed by atoms with van der Waals surface area (Å²) in [6.45, 7) is 3.63. The van der Waals surface area contributed by atoms with E-state index in [1.165, 1.54) is 6.08 Å². The van der Waals surface area contributed by atoms with E-state index >= 15 is 0 Å². The molecule has 0 spiro atoms. The normalized spacial score (nSPS) is 12.1. The number of aliphatic carboxylic acids is 1. The third kappa shape index (κ3) is 3.91. The van der Waals surface area contributed by atoms with Crippen molar-refractivity contribution in [1.29, 1.82) is 5.26 Å². The number of ether oxygens (including phenoxy) is 1. The molecule has 0 saturated heterocycles. The van der Waals surface area contributed by atoms with Crippen molar-refractivity contribution in [3.05, 3.63) is 29.6 Å². The van der Waals surface area contributed by atoms with Crippen LogP contribution in [0, 0.1) is 18.3 Å². The van der Waals surface area contributed by atoms with Crippen molar-refractivity contribution in [1.82, 2.24) is 4.98 Å². The van der Waals surface area contributed by atoms with Crippen LogP contribution in [0.25, 0.3) is 6.08 Å². The molecular weight excluding hydrogens is 232 g/mol. The Morgan fingerprint density at radius 2 is 2.39 bits per heavy atom. The van der Waals surface area contributed by atoms with E-state index in [0.717, 1.165) is 11.8 Å². The number of nitriles is 1. The number of aryl methyl sites for hydroxylation is 1. The monoisotopic (exact) mass is 246 g/mol. The van der Waals surface area contributed by atoms with Crippen molar-refractivity contribution in [3.63, 3.8) is 0 Å². The van der Waals surface area contributed by atoms with Gasteiger partial charge < -0.3 is 9.84 Å². The number of carbonyl (C=O) groups is 1. The largest absolute Gasteiger partial charge is 0.478 e. The minimum absolute atomic E-state index is 0.408. The first-order valence-electron chi connectivity index (χ1n) is 5.51. The maximum atomic E-state index is 10.5. The fraction of sp³-hybridized carbons (Fsp3) is 0.308. The summed E-state index contributed by atoms with van der Waals surface area (Å²) in [5, 5.41) is 17.4. The highest BCUT2D eigenvalue weighted by Gasteiger charge is 2.10. The fourth-order valence-electron chi connectivity index (χ4n) is 1.29. The third-order valence-electron chi connectivity index (χ3n) is 2.19. The second-order valence-corrected chi connectivity index (χ2v) is 3.65. The van der Waals surface area contributed by atoms with Crippen LogP contribution in [0.5, 0.6) is 5.75 Å². The molecule has 1 N–H and O–H groups in total. The predicted octanol–water partition coefficient (Wildman–Crippen LogP) is 2.17. The topological polar surface area (TPSA) is 83.2 Å². The lowest BCUT2D eigenvalue weighted by Crippen LogP contribution is -2.13. The highest BCUT2D eigenvalue weighted by atomic mass is 16.5. The molecule has 0 radical (unpaired) electrons. The molecule has 1 unspecified atom stereocenters. The smallest absolute Gasteiger partial charge is 0.328 e. The molecule has 1 aromatic heterocycles. The molecule has 0 aliphatic rings. The van der Waals surface area contributed by atoms with Crippen LogP contribution in [0.3, 0.4) is 0 Å². The second kappa shape index (κ2) is 6.40. The minimum Gasteiger partial charge on any atom is -0.478 e. The van der Waals surface area contributed by atoms with Crippen LogP contribution in [0.2, 0.25) is 0 Å². The molecule has 0 bridgehead atoms. The van der Waals surface area contributed by atoms with E-state index in [9.17, 15) is 4.79 Å². The second-order valence-electron chi connectivity index (χ2n) is 3.65. The maximum Gasteiger partial charge on any atom is 0.328 e. The molecule has 18 heavy (non-hydrogen) atoms. The summed E-state index contributed by atoms with van der Waals surface area (Å²) in [6.07, 6.45) is 2.33. The molecule has 5 nitrogen and oxygen atoms in total. The molecule has 1 heterocycles. The van der Waals surface area contributed by atoms with Crippen LogP contribution in [-0.2, 0) is 4.79 Å². The van der Waals surface area contributed by atoms with Crippen LogP contribution >= 0.6 is 0 Å². The summed E-state index contributed by atoms with van der Waals surface area (Å²) in [7, 11) is 0. The summed E-state index contributed by atoms with van der Waals surface area (Å²) in [4.78, 5) is 14.7. The first-order valence-corrected chi connectivity index (χ1v) is 5.51. The number of hydrogen-bond donors (Lipinski definition) is 1. The van der Waals surface area contributed by atoms with Crippen LogP contribution in [0.15, 0.2) is 18.2 Å². The number of aromatic nitrogens is 1. The molecule has 0 fully saturated rings. The molecular formula is C13H14N2O3. The number of nitrogens with zero attached hydrogens (tertiary/aromatic N) is 2. The van der Waals surface area contributed by atoms with Gasteiger partial charge in [-0.1, -0.05) is 6.92 Å². The number of hydrogen-bond acceptors (Lipinski definition) is 4. The van der Waals surface area contributed by atoms with Crippen LogP contribution < -0.4 is 4.74 Å². The highest BCUT2D eigenvalue weighted by molar-refractivity contribution is 5.85. The Morgan fingerprint density at radius 1 is 1.67 bits per heavy atom. The van der Waals surface area contributed by atoms with E-state index in [1.807, 2.05) is 13.0 Å². The predicted molar refractivity (Wildman–Crippen MR) is 66.0 cm³/mol. The fourth-order valence-corrected chi connectivity index (χ4v) is 1.29. The van der Waals surface area contributed by atoms with Crippen LogP contribution in [-0.4, -0.2) is 22.2 Å². The summed E-state index contributed by atoms with van der Waals surface area (Å²) >= 11 is 0. The molecule has 0 amide bonds. The molecule has 94 valence electrons. The van der Waals surface area contributed by atoms with Gasteiger partial charge in [0.1, 0.15) is 17.5 Å². The van der Waals surface area contributed by atoms with Gasteiger partial charge in [-0.2, -0.15) is 5.26 Å². The van der Waals surface area contributed by atoms with Crippen LogP contribution in [0.4, 0.5) is 0 Å². The Labute approximate surface area is 105 Å². The third-order valence-corrected chi connectivity index (χ3v) is 2.19. The average molecular weight is 246 g/mol. The SMILES string of the molecule is CCC(C#N)Oc1ccc(C)nc1C=CC(=O)O. The van der Waals surface area contributed by atoms with E-state index in [0.29, 0.717) is 17.9 Å². The molecule has 0 saturated carbocycles. The Bertz CT molecular complexity index is 503. The van der Waals surface area contributed by atoms with Crippen molar-refractivity contribution in [2.45, 2.75) is 26.4 Å². The Morgan fingerprint density at radius 3 is 2.94 bits per heavy atom. The number of carboxylic acid groups (broad SMARTS) is 1. The van der Waals surface area contributed by atoms with Gasteiger partial charge in [-0.25, -0.2) is 9.78 Å². The van der Waals surface area contributed by atoms with Gasteiger partial charge in [-0.05, 0) is 31.6 Å². The van der Waals surface area contributed by atoms with E-state index in [4.69, 9.17) is 15.1 Å². The van der Waals surface area contributed by atoms with Gasteiger partial charge in [0.05, 0.1) is 0 Å². The van der Waals surface area contributed by atoms with Gasteiger partial charge in [0.25, 0.3) is 0 Å². The van der Waals surface area contributed by atoms with Gasteiger partial charge in [0.2, 0.25) is 0 Å². The van der Waals surface area contributed by atoms with E-state index < -0.39 is 12.1 Å². The average Bonchev–Trinajstić information content (AvgIpc) is 2.35.